The van der Waals surface area contributed by atoms with Crippen LogP contribution in [0, 0.1) is 5.41 Å². The standard InChI is InChI=1S/C19H19N3O3S2/c1-4-6-11-7-10(8-12(25-3)16(11)23)9-13-17(24)15(18(20)26-13)19-22-21-14(5-2)27-19/h4,7-9,15,20,23H,1,5-6H2,2-3H3. The summed E-state index contributed by atoms with van der Waals surface area (Å²) in [5, 5.41) is 28.2. The van der Waals surface area contributed by atoms with Gasteiger partial charge < -0.3 is 9.84 Å². The van der Waals surface area contributed by atoms with E-state index in [4.69, 9.17) is 10.1 Å². The van der Waals surface area contributed by atoms with Crippen LogP contribution in [0.3, 0.4) is 0 Å². The molecular weight excluding hydrogens is 382 g/mol. The monoisotopic (exact) mass is 401 g/mol. The zero-order valence-corrected chi connectivity index (χ0v) is 16.6. The molecule has 3 rings (SSSR count). The molecule has 1 aliphatic heterocycles. The molecule has 0 radical (unpaired) electrons. The van der Waals surface area contributed by atoms with E-state index in [0.717, 1.165) is 28.8 Å². The van der Waals surface area contributed by atoms with Crippen molar-refractivity contribution in [1.82, 2.24) is 10.2 Å². The zero-order chi connectivity index (χ0) is 19.6. The molecule has 1 fully saturated rings. The summed E-state index contributed by atoms with van der Waals surface area (Å²) in [7, 11) is 1.48. The second-order valence-corrected chi connectivity index (χ2v) is 8.06. The zero-order valence-electron chi connectivity index (χ0n) is 15.0. The van der Waals surface area contributed by atoms with E-state index in [0.29, 0.717) is 27.6 Å². The molecule has 140 valence electrons. The lowest BCUT2D eigenvalue weighted by Gasteiger charge is -2.09. The number of carbonyl (C=O) groups is 1. The van der Waals surface area contributed by atoms with Gasteiger partial charge in [-0.1, -0.05) is 24.8 Å². The van der Waals surface area contributed by atoms with E-state index in [1.807, 2.05) is 6.92 Å². The number of aromatic hydroxyl groups is 1. The van der Waals surface area contributed by atoms with Crippen LogP contribution >= 0.6 is 23.1 Å². The summed E-state index contributed by atoms with van der Waals surface area (Å²) < 4.78 is 5.23. The van der Waals surface area contributed by atoms with Crippen molar-refractivity contribution in [2.45, 2.75) is 25.7 Å². The van der Waals surface area contributed by atoms with Crippen LogP contribution in [0.4, 0.5) is 0 Å². The van der Waals surface area contributed by atoms with Crippen LogP contribution in [-0.2, 0) is 17.6 Å². The first-order chi connectivity index (χ1) is 13.0. The topological polar surface area (TPSA) is 96.2 Å². The number of benzene rings is 1. The number of nitrogens with zero attached hydrogens (tertiary/aromatic N) is 2. The van der Waals surface area contributed by atoms with Gasteiger partial charge in [-0.15, -0.1) is 28.1 Å². The third kappa shape index (κ3) is 3.81. The highest BCUT2D eigenvalue weighted by atomic mass is 32.2. The number of rotatable bonds is 6. The van der Waals surface area contributed by atoms with Gasteiger partial charge in [0.05, 0.1) is 17.1 Å². The number of aryl methyl sites for hydroxylation is 1. The fourth-order valence-electron chi connectivity index (χ4n) is 2.73. The predicted octanol–water partition coefficient (Wildman–Crippen LogP) is 3.96. The van der Waals surface area contributed by atoms with Crippen molar-refractivity contribution in [2.75, 3.05) is 7.11 Å². The molecule has 0 saturated carbocycles. The molecule has 6 nitrogen and oxygen atoms in total. The SMILES string of the molecule is C=CCc1cc(C=C2SC(=N)C(c3nnc(CC)s3)C2=O)cc(OC)c1O. The van der Waals surface area contributed by atoms with Gasteiger partial charge in [0, 0.05) is 5.56 Å². The van der Waals surface area contributed by atoms with Crippen molar-refractivity contribution in [1.29, 1.82) is 5.41 Å². The molecule has 0 aliphatic carbocycles. The molecular formula is C19H19N3O3S2. The Balaban J connectivity index is 1.96. The fraction of sp³-hybridized carbons (Fsp3) is 0.263. The van der Waals surface area contributed by atoms with Crippen LogP contribution in [0.25, 0.3) is 6.08 Å². The Morgan fingerprint density at radius 1 is 1.41 bits per heavy atom. The van der Waals surface area contributed by atoms with Gasteiger partial charge in [0.1, 0.15) is 15.9 Å². The van der Waals surface area contributed by atoms with E-state index in [9.17, 15) is 9.90 Å². The first kappa shape index (κ1) is 19.3. The van der Waals surface area contributed by atoms with E-state index < -0.39 is 5.92 Å². The van der Waals surface area contributed by atoms with Gasteiger partial charge in [-0.3, -0.25) is 10.2 Å². The summed E-state index contributed by atoms with van der Waals surface area (Å²) >= 11 is 2.51. The number of phenols is 1. The number of carbonyl (C=O) groups excluding carboxylic acids is 1. The first-order valence-corrected chi connectivity index (χ1v) is 9.97. The molecule has 1 aromatic carbocycles. The lowest BCUT2D eigenvalue weighted by atomic mass is 10.0. The molecule has 27 heavy (non-hydrogen) atoms. The predicted molar refractivity (Wildman–Crippen MR) is 109 cm³/mol. The Bertz CT molecular complexity index is 950. The summed E-state index contributed by atoms with van der Waals surface area (Å²) in [6.45, 7) is 5.67. The summed E-state index contributed by atoms with van der Waals surface area (Å²) in [4.78, 5) is 13.3. The van der Waals surface area contributed by atoms with Crippen LogP contribution < -0.4 is 4.74 Å². The summed E-state index contributed by atoms with van der Waals surface area (Å²) in [6.07, 6.45) is 4.63. The smallest absolute Gasteiger partial charge is 0.186 e. The third-order valence-electron chi connectivity index (χ3n) is 4.08. The van der Waals surface area contributed by atoms with Crippen molar-refractivity contribution in [3.8, 4) is 11.5 Å². The Labute approximate surface area is 165 Å². The average Bonchev–Trinajstić information content (AvgIpc) is 3.22. The second kappa shape index (κ2) is 8.06. The fourth-order valence-corrected chi connectivity index (χ4v) is 4.68. The molecule has 1 atom stereocenters. The minimum absolute atomic E-state index is 0.0662. The van der Waals surface area contributed by atoms with Gasteiger partial charge in [-0.25, -0.2) is 0 Å². The minimum Gasteiger partial charge on any atom is -0.504 e. The lowest BCUT2D eigenvalue weighted by Crippen LogP contribution is -2.11. The molecule has 1 aromatic heterocycles. The van der Waals surface area contributed by atoms with Crippen LogP contribution in [-0.4, -0.2) is 33.2 Å². The maximum absolute atomic E-state index is 12.9. The summed E-state index contributed by atoms with van der Waals surface area (Å²) in [5.74, 6) is -0.427. The number of aromatic nitrogens is 2. The highest BCUT2D eigenvalue weighted by Crippen LogP contribution is 2.42. The molecule has 2 aromatic rings. The Kier molecular flexibility index (Phi) is 5.76. The van der Waals surface area contributed by atoms with Crippen LogP contribution in [0.1, 0.15) is 34.0 Å². The highest BCUT2D eigenvalue weighted by molar-refractivity contribution is 8.19. The van der Waals surface area contributed by atoms with E-state index >= 15 is 0 Å². The number of ketones is 1. The number of methoxy groups -OCH3 is 1. The van der Waals surface area contributed by atoms with E-state index in [1.165, 1.54) is 18.4 Å². The third-order valence-corrected chi connectivity index (χ3v) is 6.20. The molecule has 1 aliphatic rings. The number of Topliss-reactive ketones (excluding diaryl/α,β-unsaturated/α-hetero) is 1. The molecule has 0 bridgehead atoms. The van der Waals surface area contributed by atoms with Crippen molar-refractivity contribution < 1.29 is 14.6 Å². The highest BCUT2D eigenvalue weighted by Gasteiger charge is 2.39. The molecule has 1 saturated heterocycles. The van der Waals surface area contributed by atoms with E-state index in [2.05, 4.69) is 16.8 Å². The maximum Gasteiger partial charge on any atom is 0.186 e. The number of thioether (sulfide) groups is 1. The van der Waals surface area contributed by atoms with Crippen LogP contribution in [0.5, 0.6) is 11.5 Å². The minimum atomic E-state index is -0.675. The van der Waals surface area contributed by atoms with E-state index in [-0.39, 0.29) is 16.6 Å². The van der Waals surface area contributed by atoms with Crippen molar-refractivity contribution >= 4 is 40.0 Å². The van der Waals surface area contributed by atoms with Gasteiger partial charge in [0.2, 0.25) is 0 Å². The lowest BCUT2D eigenvalue weighted by molar-refractivity contribution is -0.114. The Hall–Kier alpha value is -2.45. The summed E-state index contributed by atoms with van der Waals surface area (Å²) in [5.41, 5.74) is 1.38. The quantitative estimate of drug-likeness (QED) is 0.562. The number of phenolic OH excluding ortho intramolecular Hbond substituents is 1. The number of hydrogen-bond acceptors (Lipinski definition) is 8. The Morgan fingerprint density at radius 3 is 2.81 bits per heavy atom. The van der Waals surface area contributed by atoms with Gasteiger partial charge in [0.15, 0.2) is 17.3 Å². The Morgan fingerprint density at radius 2 is 2.19 bits per heavy atom. The van der Waals surface area contributed by atoms with Gasteiger partial charge >= 0.3 is 0 Å². The molecule has 0 amide bonds. The van der Waals surface area contributed by atoms with Crippen LogP contribution in [0.2, 0.25) is 0 Å². The molecule has 2 N–H and O–H groups in total. The molecule has 1 unspecified atom stereocenters. The molecule has 8 heteroatoms. The normalized spacial score (nSPS) is 18.3. The first-order valence-electron chi connectivity index (χ1n) is 8.33. The maximum atomic E-state index is 12.9. The number of allylic oxidation sites excluding steroid dienone is 2. The molecule has 2 heterocycles. The average molecular weight is 402 g/mol. The van der Waals surface area contributed by atoms with Crippen molar-refractivity contribution in [3.05, 3.63) is 50.8 Å². The largest absolute Gasteiger partial charge is 0.504 e. The van der Waals surface area contributed by atoms with Gasteiger partial charge in [0.25, 0.3) is 0 Å². The van der Waals surface area contributed by atoms with Crippen LogP contribution in [0.15, 0.2) is 29.7 Å². The summed E-state index contributed by atoms with van der Waals surface area (Å²) in [6, 6.07) is 3.46. The van der Waals surface area contributed by atoms with Crippen molar-refractivity contribution in [3.63, 3.8) is 0 Å². The van der Waals surface area contributed by atoms with E-state index in [1.54, 1.807) is 24.3 Å². The van der Waals surface area contributed by atoms with Gasteiger partial charge in [-0.05, 0) is 36.6 Å². The molecule has 0 spiro atoms. The number of nitrogens with one attached hydrogen (secondary N) is 1. The van der Waals surface area contributed by atoms with Crippen molar-refractivity contribution in [2.24, 2.45) is 0 Å². The number of ether oxygens (including phenoxy) is 1. The van der Waals surface area contributed by atoms with Gasteiger partial charge in [-0.2, -0.15) is 0 Å². The number of hydrogen-bond donors (Lipinski definition) is 2. The second-order valence-electron chi connectivity index (χ2n) is 5.88.